The van der Waals surface area contributed by atoms with E-state index < -0.39 is 37.5 Å². The van der Waals surface area contributed by atoms with Crippen LogP contribution in [0.15, 0.2) is 108 Å². The van der Waals surface area contributed by atoms with Crippen molar-refractivity contribution in [2.75, 3.05) is 85.7 Å². The van der Waals surface area contributed by atoms with Crippen LogP contribution in [-0.4, -0.2) is 129 Å². The molecule has 3 atom stereocenters. The minimum atomic E-state index is -4.62. The number of nitrogens with one attached hydrogen (secondary N) is 3. The van der Waals surface area contributed by atoms with Gasteiger partial charge in [0.2, 0.25) is 5.88 Å². The van der Waals surface area contributed by atoms with Gasteiger partial charge >= 0.3 is 0 Å². The van der Waals surface area contributed by atoms with Gasteiger partial charge in [-0.2, -0.15) is 4.98 Å². The smallest absolute Gasteiger partial charge is 0.293 e. The SMILES string of the molecule is CC(C)Oc1ccccc1[C@H]1CN(c2ccncc2)CCN1C1CC2(CCN(c3ccc(C(=O)NS(=O)(=O)c4ccc(NCC5CCOCC5)c([N+](=O)[O-])c4)c(N4c5cc6cc[nH]c6nc5O[C@H]5COCC[C@@H]54)c3)CC2)C1. The summed E-state index contributed by atoms with van der Waals surface area (Å²) in [4.78, 5) is 48.1. The summed E-state index contributed by atoms with van der Waals surface area (Å²) in [5, 5.41) is 16.4. The molecule has 0 unspecified atom stereocenters. The maximum Gasteiger partial charge on any atom is 0.293 e. The van der Waals surface area contributed by atoms with Crippen molar-refractivity contribution in [3.63, 3.8) is 0 Å². The summed E-state index contributed by atoms with van der Waals surface area (Å²) in [5.74, 6) is 0.692. The number of rotatable bonds is 14. The molecule has 4 saturated heterocycles. The van der Waals surface area contributed by atoms with Crippen LogP contribution in [0.2, 0.25) is 0 Å². The lowest BCUT2D eigenvalue weighted by Gasteiger charge is -2.58. The summed E-state index contributed by atoms with van der Waals surface area (Å²) in [6.45, 7) is 11.0. The van der Waals surface area contributed by atoms with Crippen molar-refractivity contribution in [1.82, 2.24) is 24.6 Å². The van der Waals surface area contributed by atoms with Crippen LogP contribution in [0.1, 0.15) is 80.8 Å². The number of hydrogen-bond donors (Lipinski definition) is 3. The van der Waals surface area contributed by atoms with E-state index in [-0.39, 0.29) is 40.8 Å². The number of aromatic nitrogens is 3. The maximum absolute atomic E-state index is 14.8. The van der Waals surface area contributed by atoms with Crippen molar-refractivity contribution in [1.29, 1.82) is 0 Å². The van der Waals surface area contributed by atoms with Crippen LogP contribution in [0.25, 0.3) is 11.0 Å². The van der Waals surface area contributed by atoms with Crippen LogP contribution in [0.3, 0.4) is 0 Å². The third-order valence-electron chi connectivity index (χ3n) is 16.8. The molecule has 1 amide bonds. The van der Waals surface area contributed by atoms with E-state index in [0.29, 0.717) is 68.3 Å². The number of para-hydroxylation sites is 1. The second kappa shape index (κ2) is 21.1. The van der Waals surface area contributed by atoms with Crippen LogP contribution in [0.5, 0.6) is 11.6 Å². The molecule has 1 saturated carbocycles. The van der Waals surface area contributed by atoms with E-state index in [4.69, 9.17) is 23.9 Å². The van der Waals surface area contributed by atoms with E-state index in [0.717, 1.165) is 94.1 Å². The molecular formula is C57H66N10O9S. The number of ether oxygens (including phenoxy) is 4. The molecule has 5 aliphatic heterocycles. The molecule has 19 nitrogen and oxygen atoms in total. The molecule has 3 aromatic carbocycles. The summed E-state index contributed by atoms with van der Waals surface area (Å²) < 4.78 is 55.1. The number of carbonyl (C=O) groups excluding carboxylic acids is 1. The number of aromatic amines is 1. The molecule has 6 aromatic rings. The number of fused-ring (bicyclic) bond motifs is 3. The lowest BCUT2D eigenvalue weighted by atomic mass is 9.59. The van der Waals surface area contributed by atoms with Gasteiger partial charge in [-0.15, -0.1) is 0 Å². The Labute approximate surface area is 448 Å². The van der Waals surface area contributed by atoms with E-state index in [1.807, 2.05) is 42.9 Å². The van der Waals surface area contributed by atoms with Gasteiger partial charge in [0, 0.05) is 112 Å². The summed E-state index contributed by atoms with van der Waals surface area (Å²) in [6.07, 6.45) is 11.6. The van der Waals surface area contributed by atoms with E-state index in [1.54, 1.807) is 6.07 Å². The van der Waals surface area contributed by atoms with Crippen molar-refractivity contribution in [2.24, 2.45) is 11.3 Å². The first-order valence-corrected chi connectivity index (χ1v) is 28.6. The number of nitro groups is 1. The van der Waals surface area contributed by atoms with Crippen LogP contribution in [-0.2, 0) is 19.5 Å². The lowest BCUT2D eigenvalue weighted by Crippen LogP contribution is -2.60. The normalized spacial score (nSPS) is 22.0. The Morgan fingerprint density at radius 2 is 1.69 bits per heavy atom. The number of carbonyl (C=O) groups is 1. The Morgan fingerprint density at radius 1 is 0.896 bits per heavy atom. The van der Waals surface area contributed by atoms with Gasteiger partial charge in [0.05, 0.1) is 45.9 Å². The highest BCUT2D eigenvalue weighted by Gasteiger charge is 2.50. The number of nitro benzene ring substituents is 1. The second-order valence-electron chi connectivity index (χ2n) is 21.9. The number of sulfonamides is 1. The monoisotopic (exact) mass is 1070 g/mol. The van der Waals surface area contributed by atoms with Crippen molar-refractivity contribution in [3.05, 3.63) is 125 Å². The van der Waals surface area contributed by atoms with Gasteiger partial charge in [-0.3, -0.25) is 24.8 Å². The van der Waals surface area contributed by atoms with Gasteiger partial charge in [-0.1, -0.05) is 18.2 Å². The summed E-state index contributed by atoms with van der Waals surface area (Å²) in [7, 11) is -4.62. The Bertz CT molecular complexity index is 3250. The van der Waals surface area contributed by atoms with Gasteiger partial charge in [0.15, 0.2) is 0 Å². The predicted octanol–water partition coefficient (Wildman–Crippen LogP) is 8.61. The molecule has 5 fully saturated rings. The van der Waals surface area contributed by atoms with Crippen LogP contribution in [0.4, 0.5) is 34.1 Å². The fourth-order valence-corrected chi connectivity index (χ4v) is 13.7. The van der Waals surface area contributed by atoms with Crippen LogP contribution >= 0.6 is 0 Å². The lowest BCUT2D eigenvalue weighted by molar-refractivity contribution is -0.384. The molecule has 0 bridgehead atoms. The van der Waals surface area contributed by atoms with Gasteiger partial charge < -0.3 is 43.9 Å². The molecule has 1 spiro atoms. The van der Waals surface area contributed by atoms with E-state index >= 15 is 0 Å². The molecule has 20 heteroatoms. The Hall–Kier alpha value is -7.00. The number of pyridine rings is 2. The fourth-order valence-electron chi connectivity index (χ4n) is 12.7. The third-order valence-corrected chi connectivity index (χ3v) is 18.1. The van der Waals surface area contributed by atoms with Crippen molar-refractivity contribution in [3.8, 4) is 11.6 Å². The molecule has 6 aliphatic rings. The quantitative estimate of drug-likeness (QED) is 0.0689. The topological polar surface area (TPSA) is 210 Å². The summed E-state index contributed by atoms with van der Waals surface area (Å²) in [6, 6.07) is 26.2. The van der Waals surface area contributed by atoms with Gasteiger partial charge in [0.1, 0.15) is 28.9 Å². The maximum atomic E-state index is 14.8. The Balaban J connectivity index is 0.815. The second-order valence-corrected chi connectivity index (χ2v) is 23.5. The predicted molar refractivity (Wildman–Crippen MR) is 293 cm³/mol. The summed E-state index contributed by atoms with van der Waals surface area (Å²) >= 11 is 0. The Morgan fingerprint density at radius 3 is 2.48 bits per heavy atom. The highest BCUT2D eigenvalue weighted by atomic mass is 32.2. The average Bonchev–Trinajstić information content (AvgIpc) is 3.92. The number of H-pyrrole nitrogens is 1. The van der Waals surface area contributed by atoms with Crippen molar-refractivity contribution >= 4 is 61.1 Å². The first-order valence-electron chi connectivity index (χ1n) is 27.1. The molecule has 404 valence electrons. The van der Waals surface area contributed by atoms with Gasteiger partial charge in [0.25, 0.3) is 21.6 Å². The minimum Gasteiger partial charge on any atom is -0.491 e. The molecule has 77 heavy (non-hydrogen) atoms. The first kappa shape index (κ1) is 50.8. The van der Waals surface area contributed by atoms with Gasteiger partial charge in [-0.25, -0.2) is 13.1 Å². The first-order chi connectivity index (χ1) is 37.4. The molecule has 12 rings (SSSR count). The summed E-state index contributed by atoms with van der Waals surface area (Å²) in [5.41, 5.74) is 5.19. The number of amides is 1. The fraction of sp³-hybridized carbons (Fsp3) is 0.456. The van der Waals surface area contributed by atoms with Crippen molar-refractivity contribution in [2.45, 2.75) is 94.0 Å². The van der Waals surface area contributed by atoms with Crippen LogP contribution in [0, 0.1) is 21.4 Å². The highest BCUT2D eigenvalue weighted by Crippen LogP contribution is 2.54. The van der Waals surface area contributed by atoms with E-state index in [9.17, 15) is 23.3 Å². The zero-order chi connectivity index (χ0) is 52.8. The number of piperazine rings is 1. The number of hydrogen-bond acceptors (Lipinski definition) is 16. The standard InChI is InChI=1S/C57H66N10O9S/c1-37(2)75-52-6-4-3-5-44(52)51-35-64(40-12-19-58-20-13-40)24-25-65(51)42-32-57(33-42)17-22-63(23-18-57)41-7-9-45(48(30-41)66-47-16-28-74-36-53(47)76-56-50(66)29-39-11-21-59-54(39)61-56)55(68)62-77(71,72)43-8-10-46(49(31-43)67(69)70)60-34-38-14-26-73-27-15-38/h3-13,19-21,29-31,37-38,42,47,51,53,60H,14-18,22-28,32-36H2,1-2H3,(H,59,61)(H,62,68)/t47-,51+,53-/m0/s1. The van der Waals surface area contributed by atoms with Crippen LogP contribution < -0.4 is 34.2 Å². The Kier molecular flexibility index (Phi) is 13.9. The average molecular weight is 1070 g/mol. The molecule has 3 N–H and O–H groups in total. The number of benzene rings is 3. The minimum absolute atomic E-state index is 0.0514. The zero-order valence-electron chi connectivity index (χ0n) is 43.5. The van der Waals surface area contributed by atoms with Crippen molar-refractivity contribution < 1.29 is 37.1 Å². The van der Waals surface area contributed by atoms with Gasteiger partial charge in [-0.05, 0) is 131 Å². The zero-order valence-corrected chi connectivity index (χ0v) is 44.3. The number of anilines is 5. The molecule has 3 aromatic heterocycles. The molecule has 8 heterocycles. The van der Waals surface area contributed by atoms with E-state index in [1.165, 1.54) is 23.4 Å². The number of piperidine rings is 1. The van der Waals surface area contributed by atoms with E-state index in [2.05, 4.69) is 89.9 Å². The third kappa shape index (κ3) is 10.2. The highest BCUT2D eigenvalue weighted by molar-refractivity contribution is 7.90. The molecular weight excluding hydrogens is 1000 g/mol. The molecule has 1 aliphatic carbocycles. The number of nitrogens with zero attached hydrogens (tertiary/aromatic N) is 7. The largest absolute Gasteiger partial charge is 0.491 e. The molecule has 0 radical (unpaired) electrons.